The summed E-state index contributed by atoms with van der Waals surface area (Å²) in [5, 5.41) is 3.05. The summed E-state index contributed by atoms with van der Waals surface area (Å²) in [5.74, 6) is -0.511. The first kappa shape index (κ1) is 20.2. The van der Waals surface area contributed by atoms with Gasteiger partial charge in [-0.25, -0.2) is 4.39 Å². The number of likely N-dealkylation sites (tertiary alicyclic amines) is 1. The van der Waals surface area contributed by atoms with Crippen LogP contribution in [-0.4, -0.2) is 50.1 Å². The number of halogens is 1. The molecule has 2 aromatic carbocycles. The van der Waals surface area contributed by atoms with E-state index in [2.05, 4.69) is 5.32 Å². The third-order valence-electron chi connectivity index (χ3n) is 5.81. The molecule has 7 heteroatoms. The highest BCUT2D eigenvalue weighted by molar-refractivity contribution is 5.95. The Morgan fingerprint density at radius 1 is 1.07 bits per heavy atom. The van der Waals surface area contributed by atoms with Crippen molar-refractivity contribution in [2.45, 2.75) is 24.8 Å². The maximum absolute atomic E-state index is 14.2. The number of carbonyl (C=O) groups is 2. The van der Waals surface area contributed by atoms with E-state index in [4.69, 9.17) is 9.47 Å². The van der Waals surface area contributed by atoms with Gasteiger partial charge >= 0.3 is 0 Å². The summed E-state index contributed by atoms with van der Waals surface area (Å²) in [5.41, 5.74) is 0.847. The lowest BCUT2D eigenvalue weighted by Gasteiger charge is -2.21. The number of hydrogen-bond donors (Lipinski definition) is 1. The fourth-order valence-corrected chi connectivity index (χ4v) is 4.02. The Morgan fingerprint density at radius 3 is 2.50 bits per heavy atom. The van der Waals surface area contributed by atoms with Crippen molar-refractivity contribution in [1.29, 1.82) is 0 Å². The van der Waals surface area contributed by atoms with Crippen LogP contribution in [0.15, 0.2) is 42.5 Å². The molecular formula is C23H25FN2O4. The van der Waals surface area contributed by atoms with Crippen molar-refractivity contribution in [1.82, 2.24) is 10.2 Å². The second-order valence-corrected chi connectivity index (χ2v) is 7.79. The number of nitrogens with zero attached hydrogens (tertiary/aromatic N) is 1. The third kappa shape index (κ3) is 3.97. The summed E-state index contributed by atoms with van der Waals surface area (Å²) in [4.78, 5) is 27.5. The molecule has 1 heterocycles. The van der Waals surface area contributed by atoms with Crippen LogP contribution in [-0.2, 0) is 4.79 Å². The average Bonchev–Trinajstić information content (AvgIpc) is 3.47. The molecule has 1 N–H and O–H groups in total. The molecule has 0 radical (unpaired) electrons. The van der Waals surface area contributed by atoms with Gasteiger partial charge in [0.05, 0.1) is 25.7 Å². The van der Waals surface area contributed by atoms with E-state index in [0.29, 0.717) is 18.0 Å². The van der Waals surface area contributed by atoms with Gasteiger partial charge in [0.1, 0.15) is 17.3 Å². The minimum atomic E-state index is -0.563. The highest BCUT2D eigenvalue weighted by Crippen LogP contribution is 2.40. The van der Waals surface area contributed by atoms with E-state index in [9.17, 15) is 14.0 Å². The van der Waals surface area contributed by atoms with Gasteiger partial charge in [0.25, 0.3) is 5.91 Å². The highest BCUT2D eigenvalue weighted by Gasteiger charge is 2.43. The molecule has 0 aromatic heterocycles. The lowest BCUT2D eigenvalue weighted by Crippen LogP contribution is -2.36. The minimum Gasteiger partial charge on any atom is -0.497 e. The third-order valence-corrected chi connectivity index (χ3v) is 5.81. The Bertz CT molecular complexity index is 960. The van der Waals surface area contributed by atoms with Crippen LogP contribution in [0.5, 0.6) is 11.5 Å². The summed E-state index contributed by atoms with van der Waals surface area (Å²) in [6.45, 7) is 0.532. The summed E-state index contributed by atoms with van der Waals surface area (Å²) in [6.07, 6.45) is 1.96. The van der Waals surface area contributed by atoms with E-state index in [1.165, 1.54) is 12.1 Å². The first-order valence-corrected chi connectivity index (χ1v) is 10.1. The van der Waals surface area contributed by atoms with Crippen molar-refractivity contribution in [3.05, 3.63) is 59.4 Å². The van der Waals surface area contributed by atoms with Crippen LogP contribution in [0, 0.1) is 11.7 Å². The van der Waals surface area contributed by atoms with Crippen LogP contribution in [0.25, 0.3) is 0 Å². The Kier molecular flexibility index (Phi) is 5.61. The van der Waals surface area contributed by atoms with Crippen molar-refractivity contribution in [3.63, 3.8) is 0 Å². The smallest absolute Gasteiger partial charge is 0.256 e. The summed E-state index contributed by atoms with van der Waals surface area (Å²) in [7, 11) is 3.14. The number of nitrogens with one attached hydrogen (secondary N) is 1. The predicted molar refractivity (Wildman–Crippen MR) is 109 cm³/mol. The van der Waals surface area contributed by atoms with Crippen molar-refractivity contribution in [2.75, 3.05) is 27.3 Å². The largest absolute Gasteiger partial charge is 0.497 e. The van der Waals surface area contributed by atoms with E-state index >= 15 is 0 Å². The van der Waals surface area contributed by atoms with Crippen LogP contribution in [0.2, 0.25) is 0 Å². The number of ether oxygens (including phenoxy) is 2. The molecule has 2 unspecified atom stereocenters. The molecule has 0 bridgehead atoms. The maximum atomic E-state index is 14.2. The van der Waals surface area contributed by atoms with Crippen LogP contribution in [0.4, 0.5) is 4.39 Å². The minimum absolute atomic E-state index is 0.0150. The molecule has 1 saturated carbocycles. The zero-order valence-corrected chi connectivity index (χ0v) is 17.1. The molecule has 2 aromatic rings. The second kappa shape index (κ2) is 8.34. The molecule has 2 fully saturated rings. The summed E-state index contributed by atoms with van der Waals surface area (Å²) in [6, 6.07) is 11.6. The van der Waals surface area contributed by atoms with Crippen LogP contribution < -0.4 is 14.8 Å². The Labute approximate surface area is 175 Å². The van der Waals surface area contributed by atoms with Gasteiger partial charge in [-0.2, -0.15) is 0 Å². The predicted octanol–water partition coefficient (Wildman–Crippen LogP) is 2.98. The fourth-order valence-electron chi connectivity index (χ4n) is 4.02. The average molecular weight is 412 g/mol. The van der Waals surface area contributed by atoms with E-state index in [1.807, 2.05) is 12.1 Å². The number of methoxy groups -OCH3 is 2. The van der Waals surface area contributed by atoms with Gasteiger partial charge in [0.15, 0.2) is 0 Å². The molecule has 0 spiro atoms. The number of hydrogen-bond acceptors (Lipinski definition) is 4. The molecule has 2 atom stereocenters. The maximum Gasteiger partial charge on any atom is 0.256 e. The first-order valence-electron chi connectivity index (χ1n) is 10.1. The lowest BCUT2D eigenvalue weighted by molar-refractivity contribution is -0.125. The number of amides is 2. The molecule has 2 amide bonds. The molecule has 4 rings (SSSR count). The lowest BCUT2D eigenvalue weighted by atomic mass is 9.87. The van der Waals surface area contributed by atoms with E-state index < -0.39 is 17.6 Å². The van der Waals surface area contributed by atoms with Crippen molar-refractivity contribution < 1.29 is 23.5 Å². The zero-order chi connectivity index (χ0) is 21.3. The number of benzene rings is 2. The van der Waals surface area contributed by atoms with Crippen molar-refractivity contribution in [3.8, 4) is 11.5 Å². The molecule has 1 aliphatic heterocycles. The normalized spacial score (nSPS) is 20.7. The van der Waals surface area contributed by atoms with Crippen LogP contribution in [0.1, 0.15) is 34.7 Å². The summed E-state index contributed by atoms with van der Waals surface area (Å²) >= 11 is 0. The van der Waals surface area contributed by atoms with Gasteiger partial charge in [-0.05, 0) is 31.0 Å². The van der Waals surface area contributed by atoms with Gasteiger partial charge in [0, 0.05) is 36.7 Å². The van der Waals surface area contributed by atoms with Crippen molar-refractivity contribution >= 4 is 11.8 Å². The van der Waals surface area contributed by atoms with E-state index in [-0.39, 0.29) is 30.0 Å². The van der Waals surface area contributed by atoms with Gasteiger partial charge in [-0.15, -0.1) is 0 Å². The second-order valence-electron chi connectivity index (χ2n) is 7.79. The number of carbonyl (C=O) groups excluding carboxylic acids is 2. The molecule has 1 aliphatic carbocycles. The molecule has 1 saturated heterocycles. The van der Waals surface area contributed by atoms with E-state index in [1.54, 1.807) is 37.3 Å². The molecule has 2 aliphatic rings. The zero-order valence-electron chi connectivity index (χ0n) is 17.1. The quantitative estimate of drug-likeness (QED) is 0.792. The Hall–Kier alpha value is -3.09. The SMILES string of the molecule is COc1ccc(C2CN(C(=O)c3ccccc3F)CC2C(=O)NC2CC2)c(OC)c1. The Morgan fingerprint density at radius 2 is 1.83 bits per heavy atom. The monoisotopic (exact) mass is 412 g/mol. The van der Waals surface area contributed by atoms with Crippen molar-refractivity contribution in [2.24, 2.45) is 5.92 Å². The van der Waals surface area contributed by atoms with Crippen LogP contribution in [0.3, 0.4) is 0 Å². The van der Waals surface area contributed by atoms with Gasteiger partial charge in [-0.3, -0.25) is 9.59 Å². The fraction of sp³-hybridized carbons (Fsp3) is 0.391. The first-order chi connectivity index (χ1) is 14.5. The number of rotatable bonds is 6. The Balaban J connectivity index is 1.65. The van der Waals surface area contributed by atoms with Gasteiger partial charge in [0.2, 0.25) is 5.91 Å². The van der Waals surface area contributed by atoms with Gasteiger partial charge in [-0.1, -0.05) is 18.2 Å². The molecule has 6 nitrogen and oxygen atoms in total. The van der Waals surface area contributed by atoms with Gasteiger partial charge < -0.3 is 19.7 Å². The van der Waals surface area contributed by atoms with Crippen LogP contribution >= 0.6 is 0 Å². The molecule has 30 heavy (non-hydrogen) atoms. The standard InChI is InChI=1S/C23H25FN2O4/c1-29-15-9-10-16(21(11-15)30-2)18-12-26(13-19(18)22(27)25-14-7-8-14)23(28)17-5-3-4-6-20(17)24/h3-6,9-11,14,18-19H,7-8,12-13H2,1-2H3,(H,25,27). The topological polar surface area (TPSA) is 67.9 Å². The van der Waals surface area contributed by atoms with E-state index in [0.717, 1.165) is 18.4 Å². The summed E-state index contributed by atoms with van der Waals surface area (Å²) < 4.78 is 25.0. The highest BCUT2D eigenvalue weighted by atomic mass is 19.1. The molecular weight excluding hydrogens is 387 g/mol. The molecule has 158 valence electrons.